The van der Waals surface area contributed by atoms with E-state index < -0.39 is 0 Å². The molecule has 0 bridgehead atoms. The predicted octanol–water partition coefficient (Wildman–Crippen LogP) is 13.6. The Balaban J connectivity index is 1.07. The Labute approximate surface area is 286 Å². The molecular weight excluding hydrogens is 589 g/mol. The Morgan fingerprint density at radius 2 is 0.837 bits per heavy atom. The maximum Gasteiger partial charge on any atom is 0.0159 e. The lowest BCUT2D eigenvalue weighted by atomic mass is 9.81. The van der Waals surface area contributed by atoms with Gasteiger partial charge in [-0.25, -0.2) is 0 Å². The van der Waals surface area contributed by atoms with Gasteiger partial charge in [-0.2, -0.15) is 0 Å². The molecule has 1 aliphatic rings. The fourth-order valence-corrected chi connectivity index (χ4v) is 8.44. The van der Waals surface area contributed by atoms with Gasteiger partial charge in [0.2, 0.25) is 0 Å². The van der Waals surface area contributed by atoms with Gasteiger partial charge < -0.3 is 0 Å². The molecule has 9 aromatic carbocycles. The van der Waals surface area contributed by atoms with Crippen LogP contribution in [0.2, 0.25) is 0 Å². The molecule has 0 nitrogen and oxygen atoms in total. The van der Waals surface area contributed by atoms with Crippen LogP contribution in [-0.2, 0) is 5.41 Å². The molecule has 0 aliphatic heterocycles. The summed E-state index contributed by atoms with van der Waals surface area (Å²) < 4.78 is 0. The van der Waals surface area contributed by atoms with E-state index in [9.17, 15) is 0 Å². The molecule has 0 spiro atoms. The highest BCUT2D eigenvalue weighted by molar-refractivity contribution is 6.23. The highest BCUT2D eigenvalue weighted by Gasteiger charge is 2.35. The summed E-state index contributed by atoms with van der Waals surface area (Å²) in [5.41, 5.74) is 13.0. The van der Waals surface area contributed by atoms with Crippen molar-refractivity contribution in [3.8, 4) is 44.5 Å². The molecule has 0 aromatic heterocycles. The summed E-state index contributed by atoms with van der Waals surface area (Å²) in [6, 6.07) is 63.2. The lowest BCUT2D eigenvalue weighted by Gasteiger charge is -2.22. The SMILES string of the molecule is CC1(C)c2cc(-c3ccccc3)ccc2-c2ccc(-c3ccc4ccc(-c5cc6ccc7ccccc7c6c6ccccc56)cc4c3)cc21. The lowest BCUT2D eigenvalue weighted by Crippen LogP contribution is -2.15. The van der Waals surface area contributed by atoms with Gasteiger partial charge in [-0.3, -0.25) is 0 Å². The summed E-state index contributed by atoms with van der Waals surface area (Å²) in [5.74, 6) is 0. The van der Waals surface area contributed by atoms with Crippen molar-refractivity contribution >= 4 is 43.1 Å². The van der Waals surface area contributed by atoms with E-state index in [0.29, 0.717) is 0 Å². The van der Waals surface area contributed by atoms with E-state index in [0.717, 1.165) is 0 Å². The van der Waals surface area contributed by atoms with Gasteiger partial charge in [0.05, 0.1) is 0 Å². The Morgan fingerprint density at radius 1 is 0.306 bits per heavy atom. The Morgan fingerprint density at radius 3 is 1.59 bits per heavy atom. The molecule has 0 fully saturated rings. The molecule has 10 rings (SSSR count). The van der Waals surface area contributed by atoms with E-state index in [1.165, 1.54) is 98.7 Å². The summed E-state index contributed by atoms with van der Waals surface area (Å²) in [5, 5.41) is 10.3. The molecule has 0 amide bonds. The molecule has 0 atom stereocenters. The molecule has 0 radical (unpaired) electrons. The van der Waals surface area contributed by atoms with Crippen molar-refractivity contribution in [2.45, 2.75) is 19.3 Å². The third-order valence-electron chi connectivity index (χ3n) is 11.0. The highest BCUT2D eigenvalue weighted by atomic mass is 14.4. The fraction of sp³-hybridized carbons (Fsp3) is 0.0612. The second-order valence-electron chi connectivity index (χ2n) is 14.1. The van der Waals surface area contributed by atoms with Crippen LogP contribution in [0.15, 0.2) is 170 Å². The maximum atomic E-state index is 2.43. The minimum atomic E-state index is -0.0854. The van der Waals surface area contributed by atoms with E-state index in [2.05, 4.69) is 184 Å². The van der Waals surface area contributed by atoms with Crippen LogP contribution in [-0.4, -0.2) is 0 Å². The molecule has 0 heteroatoms. The number of hydrogen-bond acceptors (Lipinski definition) is 0. The maximum absolute atomic E-state index is 2.43. The van der Waals surface area contributed by atoms with Crippen molar-refractivity contribution in [2.75, 3.05) is 0 Å². The van der Waals surface area contributed by atoms with Crippen LogP contribution in [0.4, 0.5) is 0 Å². The number of fused-ring (bicyclic) bond motifs is 9. The smallest absolute Gasteiger partial charge is 0.0159 e. The van der Waals surface area contributed by atoms with Gasteiger partial charge in [-0.1, -0.05) is 153 Å². The zero-order chi connectivity index (χ0) is 32.7. The van der Waals surface area contributed by atoms with Gasteiger partial charge in [-0.15, -0.1) is 0 Å². The predicted molar refractivity (Wildman–Crippen MR) is 210 cm³/mol. The Hall–Kier alpha value is -5.98. The van der Waals surface area contributed by atoms with Gasteiger partial charge in [-0.05, 0) is 129 Å². The zero-order valence-corrected chi connectivity index (χ0v) is 27.7. The molecule has 0 unspecified atom stereocenters. The standard InChI is InChI=1S/C49H34/c1-49(2)46-29-35(31-10-4-3-5-11-31)22-24-42(46)43-25-23-36(30-47(43)49)34-19-16-32-17-20-37(27-39(32)26-34)45-28-38-21-18-33-12-6-7-13-40(33)48(38)44-15-9-8-14-41(44)45/h3-30H,1-2H3. The van der Waals surface area contributed by atoms with Gasteiger partial charge in [0.1, 0.15) is 0 Å². The van der Waals surface area contributed by atoms with Crippen LogP contribution >= 0.6 is 0 Å². The zero-order valence-electron chi connectivity index (χ0n) is 27.7. The number of rotatable bonds is 3. The van der Waals surface area contributed by atoms with Crippen molar-refractivity contribution < 1.29 is 0 Å². The summed E-state index contributed by atoms with van der Waals surface area (Å²) in [7, 11) is 0. The largest absolute Gasteiger partial charge is 0.0622 e. The second kappa shape index (κ2) is 10.5. The molecule has 49 heavy (non-hydrogen) atoms. The van der Waals surface area contributed by atoms with Crippen molar-refractivity contribution in [1.82, 2.24) is 0 Å². The first-order valence-corrected chi connectivity index (χ1v) is 17.3. The normalized spacial score (nSPS) is 13.3. The first kappa shape index (κ1) is 28.1. The monoisotopic (exact) mass is 622 g/mol. The topological polar surface area (TPSA) is 0 Å². The summed E-state index contributed by atoms with van der Waals surface area (Å²) in [6.07, 6.45) is 0. The molecular formula is C49H34. The van der Waals surface area contributed by atoms with Crippen molar-refractivity contribution in [1.29, 1.82) is 0 Å². The Bertz CT molecular complexity index is 2780. The van der Waals surface area contributed by atoms with Crippen molar-refractivity contribution in [3.63, 3.8) is 0 Å². The number of benzene rings is 9. The van der Waals surface area contributed by atoms with Crippen molar-refractivity contribution in [3.05, 3.63) is 181 Å². The van der Waals surface area contributed by atoms with Crippen LogP contribution in [0.3, 0.4) is 0 Å². The first-order valence-electron chi connectivity index (χ1n) is 17.3. The molecule has 0 N–H and O–H groups in total. The second-order valence-corrected chi connectivity index (χ2v) is 14.1. The van der Waals surface area contributed by atoms with Gasteiger partial charge in [0, 0.05) is 5.41 Å². The van der Waals surface area contributed by atoms with Gasteiger partial charge in [0.25, 0.3) is 0 Å². The lowest BCUT2D eigenvalue weighted by molar-refractivity contribution is 0.661. The molecule has 0 heterocycles. The first-order chi connectivity index (χ1) is 24.0. The molecule has 230 valence electrons. The quantitative estimate of drug-likeness (QED) is 0.172. The van der Waals surface area contributed by atoms with Gasteiger partial charge >= 0.3 is 0 Å². The van der Waals surface area contributed by atoms with Gasteiger partial charge in [0.15, 0.2) is 0 Å². The molecule has 1 aliphatic carbocycles. The van der Waals surface area contributed by atoms with Crippen LogP contribution < -0.4 is 0 Å². The summed E-state index contributed by atoms with van der Waals surface area (Å²) in [6.45, 7) is 4.75. The van der Waals surface area contributed by atoms with Crippen LogP contribution in [0.1, 0.15) is 25.0 Å². The minimum Gasteiger partial charge on any atom is -0.0622 e. The third-order valence-corrected chi connectivity index (χ3v) is 11.0. The van der Waals surface area contributed by atoms with E-state index in [1.807, 2.05) is 0 Å². The van der Waals surface area contributed by atoms with E-state index in [-0.39, 0.29) is 5.41 Å². The number of hydrogen-bond donors (Lipinski definition) is 0. The van der Waals surface area contributed by atoms with E-state index in [1.54, 1.807) is 0 Å². The van der Waals surface area contributed by atoms with E-state index >= 15 is 0 Å². The molecule has 0 saturated carbocycles. The molecule has 9 aromatic rings. The Kier molecular flexibility index (Phi) is 6.02. The third kappa shape index (κ3) is 4.31. The van der Waals surface area contributed by atoms with Crippen LogP contribution in [0.25, 0.3) is 87.6 Å². The summed E-state index contributed by atoms with van der Waals surface area (Å²) >= 11 is 0. The van der Waals surface area contributed by atoms with Crippen LogP contribution in [0.5, 0.6) is 0 Å². The summed E-state index contributed by atoms with van der Waals surface area (Å²) in [4.78, 5) is 0. The van der Waals surface area contributed by atoms with Crippen molar-refractivity contribution in [2.24, 2.45) is 0 Å². The minimum absolute atomic E-state index is 0.0854. The fourth-order valence-electron chi connectivity index (χ4n) is 8.44. The van der Waals surface area contributed by atoms with E-state index in [4.69, 9.17) is 0 Å². The average molecular weight is 623 g/mol. The molecule has 0 saturated heterocycles. The van der Waals surface area contributed by atoms with Crippen LogP contribution in [0, 0.1) is 0 Å². The highest BCUT2D eigenvalue weighted by Crippen LogP contribution is 2.51. The average Bonchev–Trinajstić information content (AvgIpc) is 3.39.